The van der Waals surface area contributed by atoms with Crippen LogP contribution < -0.4 is 0 Å². The first kappa shape index (κ1) is 29.5. The van der Waals surface area contributed by atoms with Gasteiger partial charge in [0, 0.05) is 54.7 Å². The van der Waals surface area contributed by atoms with Crippen molar-refractivity contribution in [3.63, 3.8) is 0 Å². The molecule has 0 radical (unpaired) electrons. The van der Waals surface area contributed by atoms with Gasteiger partial charge in [0.05, 0.1) is 28.2 Å². The molecule has 1 aliphatic heterocycles. The summed E-state index contributed by atoms with van der Waals surface area (Å²) in [5.74, 6) is 0.255. The Labute approximate surface area is 242 Å². The van der Waals surface area contributed by atoms with Crippen LogP contribution in [0.25, 0.3) is 22.5 Å². The number of ether oxygens (including phenoxy) is 1. The Morgan fingerprint density at radius 1 is 0.950 bits per heavy atom. The van der Waals surface area contributed by atoms with Crippen LogP contribution in [0.1, 0.15) is 56.4 Å². The number of hydrogen-bond donors (Lipinski definition) is 0. The van der Waals surface area contributed by atoms with Crippen molar-refractivity contribution in [3.05, 3.63) is 83.9 Å². The van der Waals surface area contributed by atoms with E-state index in [0.717, 1.165) is 65.4 Å². The first-order valence-electron chi connectivity index (χ1n) is 13.6. The number of amides is 1. The van der Waals surface area contributed by atoms with Crippen molar-refractivity contribution in [2.75, 3.05) is 20.2 Å². The van der Waals surface area contributed by atoms with Crippen molar-refractivity contribution in [1.29, 1.82) is 0 Å². The monoisotopic (exact) mass is 557 g/mol. The second kappa shape index (κ2) is 13.2. The Morgan fingerprint density at radius 2 is 1.55 bits per heavy atom. The highest BCUT2D eigenvalue weighted by atomic mass is 32.2. The van der Waals surface area contributed by atoms with Gasteiger partial charge < -0.3 is 9.64 Å². The van der Waals surface area contributed by atoms with Gasteiger partial charge in [-0.1, -0.05) is 47.5 Å². The Bertz CT molecular complexity index is 1370. The van der Waals surface area contributed by atoms with Gasteiger partial charge >= 0.3 is 0 Å². The van der Waals surface area contributed by atoms with Gasteiger partial charge in [-0.05, 0) is 65.7 Å². The molecule has 1 saturated heterocycles. The van der Waals surface area contributed by atoms with Gasteiger partial charge in [0.1, 0.15) is 6.33 Å². The number of likely N-dealkylation sites (tertiary alicyclic amines) is 1. The van der Waals surface area contributed by atoms with E-state index in [1.807, 2.05) is 35.8 Å². The summed E-state index contributed by atoms with van der Waals surface area (Å²) >= 11 is 1.62. The Morgan fingerprint density at radius 3 is 2.08 bits per heavy atom. The van der Waals surface area contributed by atoms with Gasteiger partial charge in [-0.25, -0.2) is 14.1 Å². The number of carbonyl (C=O) groups is 1. The summed E-state index contributed by atoms with van der Waals surface area (Å²) in [7, 11) is 1.71. The summed E-state index contributed by atoms with van der Waals surface area (Å²) in [5, 5.41) is 5.19. The number of hydrogen-bond acceptors (Lipinski definition) is 6. The van der Waals surface area contributed by atoms with Crippen molar-refractivity contribution >= 4 is 18.4 Å². The lowest BCUT2D eigenvalue weighted by Gasteiger charge is -2.28. The Hall–Kier alpha value is -3.49. The fraction of sp³-hybridized carbons (Fsp3) is 0.375. The number of piperidine rings is 1. The van der Waals surface area contributed by atoms with Crippen LogP contribution in [0.2, 0.25) is 0 Å². The molecular formula is C32H39N5O2S. The van der Waals surface area contributed by atoms with E-state index in [4.69, 9.17) is 9.84 Å². The number of methoxy groups -OCH3 is 1. The first-order valence-corrected chi connectivity index (χ1v) is 14.4. The second-order valence-electron chi connectivity index (χ2n) is 11.1. The van der Waals surface area contributed by atoms with Crippen molar-refractivity contribution < 1.29 is 9.53 Å². The third kappa shape index (κ3) is 7.58. The molecule has 0 bridgehead atoms. The van der Waals surface area contributed by atoms with Crippen molar-refractivity contribution in [2.45, 2.75) is 63.9 Å². The molecular weight excluding hydrogens is 518 g/mol. The van der Waals surface area contributed by atoms with Crippen LogP contribution in [-0.2, 0) is 9.53 Å². The summed E-state index contributed by atoms with van der Waals surface area (Å²) in [6.07, 6.45) is 6.10. The molecule has 5 rings (SSSR count). The number of aryl methyl sites for hydroxylation is 2. The average Bonchev–Trinajstić information content (AvgIpc) is 3.34. The van der Waals surface area contributed by atoms with E-state index in [2.05, 4.69) is 72.3 Å². The van der Waals surface area contributed by atoms with E-state index >= 15 is 0 Å². The van der Waals surface area contributed by atoms with Gasteiger partial charge in [0.2, 0.25) is 6.41 Å². The van der Waals surface area contributed by atoms with Gasteiger partial charge in [0.25, 0.3) is 0 Å². The SMILES string of the molecule is COC(C)(C)C.Cc1ccc(Sn2nc(C3CCN(C=O)CC3)c(-c3ccncn3)c2-c2ccc(C)cc2)cc1. The lowest BCUT2D eigenvalue weighted by Crippen LogP contribution is -2.31. The normalized spacial score (nSPS) is 14.0. The molecule has 0 spiro atoms. The molecule has 2 aromatic heterocycles. The minimum Gasteiger partial charge on any atom is -0.379 e. The largest absolute Gasteiger partial charge is 0.379 e. The maximum atomic E-state index is 11.3. The quantitative estimate of drug-likeness (QED) is 0.239. The second-order valence-corrected chi connectivity index (χ2v) is 12.1. The minimum absolute atomic E-state index is 0.0417. The highest BCUT2D eigenvalue weighted by Gasteiger charge is 2.30. The summed E-state index contributed by atoms with van der Waals surface area (Å²) < 4.78 is 6.99. The molecule has 2 aromatic carbocycles. The van der Waals surface area contributed by atoms with Crippen molar-refractivity contribution in [3.8, 4) is 22.5 Å². The number of aromatic nitrogens is 4. The average molecular weight is 558 g/mol. The van der Waals surface area contributed by atoms with E-state index in [1.165, 1.54) is 11.1 Å². The van der Waals surface area contributed by atoms with Gasteiger partial charge in [-0.3, -0.25) is 4.79 Å². The van der Waals surface area contributed by atoms with E-state index in [-0.39, 0.29) is 11.5 Å². The summed E-state index contributed by atoms with van der Waals surface area (Å²) in [6.45, 7) is 11.7. The van der Waals surface area contributed by atoms with Crippen LogP contribution in [0.4, 0.5) is 0 Å². The van der Waals surface area contributed by atoms with E-state index in [0.29, 0.717) is 0 Å². The maximum absolute atomic E-state index is 11.3. The molecule has 0 unspecified atom stereocenters. The molecule has 0 N–H and O–H groups in total. The molecule has 1 fully saturated rings. The molecule has 1 aliphatic rings. The van der Waals surface area contributed by atoms with Crippen LogP contribution >= 0.6 is 11.9 Å². The lowest BCUT2D eigenvalue weighted by molar-refractivity contribution is -0.119. The van der Waals surface area contributed by atoms with Crippen molar-refractivity contribution in [1.82, 2.24) is 24.1 Å². The molecule has 0 atom stereocenters. The van der Waals surface area contributed by atoms with Crippen LogP contribution in [0.15, 0.2) is 72.0 Å². The van der Waals surface area contributed by atoms with Crippen LogP contribution in [0, 0.1) is 13.8 Å². The molecule has 8 heteroatoms. The fourth-order valence-electron chi connectivity index (χ4n) is 4.40. The zero-order chi connectivity index (χ0) is 28.7. The van der Waals surface area contributed by atoms with Gasteiger partial charge in [0.15, 0.2) is 0 Å². The first-order chi connectivity index (χ1) is 19.2. The third-order valence-corrected chi connectivity index (χ3v) is 7.86. The molecule has 1 amide bonds. The van der Waals surface area contributed by atoms with Crippen LogP contribution in [0.5, 0.6) is 0 Å². The van der Waals surface area contributed by atoms with Gasteiger partial charge in [-0.2, -0.15) is 5.10 Å². The van der Waals surface area contributed by atoms with E-state index < -0.39 is 0 Å². The highest BCUT2D eigenvalue weighted by molar-refractivity contribution is 7.97. The standard InChI is InChI=1S/C27H27N5OS.C5H12O/c1-19-3-7-22(8-4-19)27-25(24-11-14-28-17-29-24)26(21-12-15-31(18-33)16-13-21)30-32(27)34-23-9-5-20(2)6-10-23;1-5(2,3)6-4/h3-11,14,17-18,21H,12-13,15-16H2,1-2H3;1-4H3. The third-order valence-electron chi connectivity index (χ3n) is 6.94. The topological polar surface area (TPSA) is 73.1 Å². The molecule has 210 valence electrons. The predicted octanol–water partition coefficient (Wildman–Crippen LogP) is 6.95. The van der Waals surface area contributed by atoms with Gasteiger partial charge in [-0.15, -0.1) is 0 Å². The smallest absolute Gasteiger partial charge is 0.209 e. The van der Waals surface area contributed by atoms with E-state index in [9.17, 15) is 4.79 Å². The summed E-state index contributed by atoms with van der Waals surface area (Å²) in [6, 6.07) is 19.0. The number of carbonyl (C=O) groups excluding carboxylic acids is 1. The number of rotatable bonds is 6. The minimum atomic E-state index is 0.0417. The number of nitrogens with zero attached hydrogens (tertiary/aromatic N) is 5. The fourth-order valence-corrected chi connectivity index (χ4v) is 5.28. The molecule has 0 saturated carbocycles. The number of benzene rings is 2. The Kier molecular flexibility index (Phi) is 9.76. The van der Waals surface area contributed by atoms with Crippen molar-refractivity contribution in [2.24, 2.45) is 0 Å². The molecule has 4 aromatic rings. The van der Waals surface area contributed by atoms with E-state index in [1.54, 1.807) is 31.6 Å². The molecule has 7 nitrogen and oxygen atoms in total. The zero-order valence-corrected chi connectivity index (χ0v) is 25.1. The molecule has 3 heterocycles. The van der Waals surface area contributed by atoms with Crippen LogP contribution in [-0.4, -0.2) is 56.3 Å². The highest BCUT2D eigenvalue weighted by Crippen LogP contribution is 2.42. The zero-order valence-electron chi connectivity index (χ0n) is 24.3. The molecule has 40 heavy (non-hydrogen) atoms. The Balaban J connectivity index is 0.000000557. The summed E-state index contributed by atoms with van der Waals surface area (Å²) in [4.78, 5) is 23.0. The van der Waals surface area contributed by atoms with Crippen LogP contribution in [0.3, 0.4) is 0 Å². The predicted molar refractivity (Wildman–Crippen MR) is 162 cm³/mol. The summed E-state index contributed by atoms with van der Waals surface area (Å²) in [5.41, 5.74) is 7.59. The maximum Gasteiger partial charge on any atom is 0.209 e. The lowest BCUT2D eigenvalue weighted by atomic mass is 9.89. The molecule has 0 aliphatic carbocycles.